The third-order valence-electron chi connectivity index (χ3n) is 4.66. The zero-order valence-corrected chi connectivity index (χ0v) is 15.6. The van der Waals surface area contributed by atoms with Gasteiger partial charge in [-0.15, -0.1) is 0 Å². The van der Waals surface area contributed by atoms with Gasteiger partial charge in [0.25, 0.3) is 5.91 Å². The Labute approximate surface area is 156 Å². The van der Waals surface area contributed by atoms with E-state index in [0.29, 0.717) is 28.4 Å². The summed E-state index contributed by atoms with van der Waals surface area (Å²) in [5.74, 6) is 0.623. The predicted molar refractivity (Wildman–Crippen MR) is 99.2 cm³/mol. The Bertz CT molecular complexity index is 640. The molecule has 3 aliphatic rings. The second-order valence-corrected chi connectivity index (χ2v) is 7.37. The Hall–Kier alpha value is -1.08. The van der Waals surface area contributed by atoms with Gasteiger partial charge in [0.15, 0.2) is 10.9 Å². The van der Waals surface area contributed by atoms with Crippen LogP contribution in [0.25, 0.3) is 0 Å². The molecule has 24 heavy (non-hydrogen) atoms. The molecule has 0 radical (unpaired) electrons. The summed E-state index contributed by atoms with van der Waals surface area (Å²) in [4.78, 5) is 14.8. The van der Waals surface area contributed by atoms with Crippen LogP contribution in [0, 0.1) is 5.92 Å². The summed E-state index contributed by atoms with van der Waals surface area (Å²) >= 11 is 17.4. The first-order valence-corrected chi connectivity index (χ1v) is 9.01. The zero-order valence-electron chi connectivity index (χ0n) is 13.3. The number of amides is 1. The average Bonchev–Trinajstić information content (AvgIpc) is 2.55. The number of hydrogen-bond donors (Lipinski definition) is 2. The smallest absolute Gasteiger partial charge is 0.257 e. The Morgan fingerprint density at radius 1 is 1.29 bits per heavy atom. The van der Waals surface area contributed by atoms with Gasteiger partial charge in [-0.25, -0.2) is 0 Å². The maximum atomic E-state index is 12.4. The van der Waals surface area contributed by atoms with E-state index in [4.69, 9.17) is 40.2 Å². The van der Waals surface area contributed by atoms with E-state index < -0.39 is 0 Å². The third-order valence-corrected chi connectivity index (χ3v) is 5.45. The summed E-state index contributed by atoms with van der Waals surface area (Å²) in [6, 6.07) is 3.32. The molecule has 1 aromatic carbocycles. The normalized spacial score (nSPS) is 25.2. The lowest BCUT2D eigenvalue weighted by Gasteiger charge is -2.45. The monoisotopic (exact) mass is 387 g/mol. The number of thiocarbonyl (C=S) groups is 1. The van der Waals surface area contributed by atoms with Gasteiger partial charge in [-0.2, -0.15) is 0 Å². The number of carbonyl (C=O) groups is 1. The number of benzene rings is 1. The van der Waals surface area contributed by atoms with Crippen molar-refractivity contribution in [2.75, 3.05) is 26.7 Å². The van der Waals surface area contributed by atoms with Gasteiger partial charge in [0.1, 0.15) is 0 Å². The molecule has 130 valence electrons. The molecule has 4 rings (SSSR count). The van der Waals surface area contributed by atoms with E-state index in [9.17, 15) is 4.79 Å². The standard InChI is InChI=1S/C16H19Cl2N3O2S/c1-23-14-11(17)6-10(7-12(14)18)15(22)20-16(24)19-13-8-21-4-2-9(13)3-5-21/h6-7,9,13H,2-5,8H2,1H3,(H2,19,20,22,24). The van der Waals surface area contributed by atoms with E-state index in [-0.39, 0.29) is 16.0 Å². The van der Waals surface area contributed by atoms with Crippen molar-refractivity contribution in [1.29, 1.82) is 0 Å². The number of hydrogen-bond acceptors (Lipinski definition) is 4. The molecule has 0 aliphatic carbocycles. The van der Waals surface area contributed by atoms with E-state index in [2.05, 4.69) is 15.5 Å². The molecule has 1 aromatic rings. The van der Waals surface area contributed by atoms with Crippen LogP contribution in [0.2, 0.25) is 10.0 Å². The summed E-state index contributed by atoms with van der Waals surface area (Å²) in [6.45, 7) is 3.29. The average molecular weight is 388 g/mol. The minimum atomic E-state index is -0.347. The molecule has 2 bridgehead atoms. The molecule has 3 fully saturated rings. The first-order valence-electron chi connectivity index (χ1n) is 7.85. The highest BCUT2D eigenvalue weighted by Crippen LogP contribution is 2.33. The molecule has 2 N–H and O–H groups in total. The van der Waals surface area contributed by atoms with Crippen LogP contribution in [0.1, 0.15) is 23.2 Å². The summed E-state index contributed by atoms with van der Waals surface area (Å²) in [5, 5.41) is 6.87. The number of carbonyl (C=O) groups excluding carboxylic acids is 1. The maximum absolute atomic E-state index is 12.4. The molecule has 1 amide bonds. The van der Waals surface area contributed by atoms with Crippen LogP contribution in [0.15, 0.2) is 12.1 Å². The van der Waals surface area contributed by atoms with Gasteiger partial charge in [0, 0.05) is 18.2 Å². The summed E-state index contributed by atoms with van der Waals surface area (Å²) in [6.07, 6.45) is 2.36. The van der Waals surface area contributed by atoms with E-state index in [1.807, 2.05) is 0 Å². The molecule has 0 saturated carbocycles. The number of nitrogens with one attached hydrogen (secondary N) is 2. The van der Waals surface area contributed by atoms with E-state index in [1.165, 1.54) is 32.1 Å². The van der Waals surface area contributed by atoms with Crippen molar-refractivity contribution in [3.05, 3.63) is 27.7 Å². The van der Waals surface area contributed by atoms with Crippen molar-refractivity contribution < 1.29 is 9.53 Å². The molecule has 1 unspecified atom stereocenters. The molecule has 0 aromatic heterocycles. The predicted octanol–water partition coefficient (Wildman–Crippen LogP) is 2.70. The molecule has 3 saturated heterocycles. The molecule has 3 heterocycles. The van der Waals surface area contributed by atoms with Gasteiger partial charge in [0.05, 0.1) is 17.2 Å². The van der Waals surface area contributed by atoms with Gasteiger partial charge in [-0.05, 0) is 56.2 Å². The molecule has 3 aliphatic heterocycles. The first kappa shape index (κ1) is 17.7. The first-order chi connectivity index (χ1) is 11.5. The Morgan fingerprint density at radius 2 is 1.92 bits per heavy atom. The number of methoxy groups -OCH3 is 1. The van der Waals surface area contributed by atoms with E-state index >= 15 is 0 Å². The molecular weight excluding hydrogens is 369 g/mol. The van der Waals surface area contributed by atoms with Crippen LogP contribution >= 0.6 is 35.4 Å². The maximum Gasteiger partial charge on any atom is 0.257 e. The van der Waals surface area contributed by atoms with Crippen LogP contribution in [-0.2, 0) is 0 Å². The van der Waals surface area contributed by atoms with Crippen LogP contribution in [0.3, 0.4) is 0 Å². The highest BCUT2D eigenvalue weighted by atomic mass is 35.5. The van der Waals surface area contributed by atoms with Crippen molar-refractivity contribution in [2.24, 2.45) is 5.92 Å². The molecule has 1 atom stereocenters. The van der Waals surface area contributed by atoms with Gasteiger partial charge < -0.3 is 15.0 Å². The number of halogens is 2. The highest BCUT2D eigenvalue weighted by Gasteiger charge is 2.34. The SMILES string of the molecule is COc1c(Cl)cc(C(=O)NC(=S)NC2CN3CCC2CC3)cc1Cl. The van der Waals surface area contributed by atoms with Gasteiger partial charge in [-0.1, -0.05) is 23.2 Å². The minimum absolute atomic E-state index is 0.284. The number of ether oxygens (including phenoxy) is 1. The summed E-state index contributed by atoms with van der Waals surface area (Å²) in [5.41, 5.74) is 0.337. The zero-order chi connectivity index (χ0) is 17.3. The van der Waals surface area contributed by atoms with E-state index in [0.717, 1.165) is 19.6 Å². The summed E-state index contributed by atoms with van der Waals surface area (Å²) < 4.78 is 5.08. The van der Waals surface area contributed by atoms with Gasteiger partial charge in [0.2, 0.25) is 0 Å². The number of nitrogens with zero attached hydrogens (tertiary/aromatic N) is 1. The van der Waals surface area contributed by atoms with Crippen LogP contribution in [-0.4, -0.2) is 48.7 Å². The van der Waals surface area contributed by atoms with Crippen molar-refractivity contribution in [3.8, 4) is 5.75 Å². The fourth-order valence-corrected chi connectivity index (χ4v) is 4.28. The molecular formula is C16H19Cl2N3O2S. The second-order valence-electron chi connectivity index (χ2n) is 6.15. The number of piperidine rings is 3. The van der Waals surface area contributed by atoms with E-state index in [1.54, 1.807) is 0 Å². The van der Waals surface area contributed by atoms with Crippen LogP contribution in [0.4, 0.5) is 0 Å². The highest BCUT2D eigenvalue weighted by molar-refractivity contribution is 7.80. The fourth-order valence-electron chi connectivity index (χ4n) is 3.39. The summed E-state index contributed by atoms with van der Waals surface area (Å²) in [7, 11) is 1.47. The molecule has 8 heteroatoms. The van der Waals surface area contributed by atoms with Crippen molar-refractivity contribution in [2.45, 2.75) is 18.9 Å². The fraction of sp³-hybridized carbons (Fsp3) is 0.500. The Kier molecular flexibility index (Phi) is 5.49. The third kappa shape index (κ3) is 3.77. The minimum Gasteiger partial charge on any atom is -0.494 e. The lowest BCUT2D eigenvalue weighted by Crippen LogP contribution is -2.59. The quantitative estimate of drug-likeness (QED) is 0.780. The van der Waals surface area contributed by atoms with Crippen molar-refractivity contribution in [1.82, 2.24) is 15.5 Å². The topological polar surface area (TPSA) is 53.6 Å². The van der Waals surface area contributed by atoms with Gasteiger partial charge >= 0.3 is 0 Å². The van der Waals surface area contributed by atoms with Gasteiger partial charge in [-0.3, -0.25) is 10.1 Å². The number of rotatable bonds is 3. The molecule has 5 nitrogen and oxygen atoms in total. The Morgan fingerprint density at radius 3 is 2.42 bits per heavy atom. The largest absolute Gasteiger partial charge is 0.494 e. The molecule has 0 spiro atoms. The van der Waals surface area contributed by atoms with Crippen molar-refractivity contribution in [3.63, 3.8) is 0 Å². The lowest BCUT2D eigenvalue weighted by molar-refractivity contribution is 0.0807. The number of fused-ring (bicyclic) bond motifs is 3. The van der Waals surface area contributed by atoms with Crippen LogP contribution in [0.5, 0.6) is 5.75 Å². The Balaban J connectivity index is 1.61. The van der Waals surface area contributed by atoms with Crippen molar-refractivity contribution >= 4 is 46.4 Å². The van der Waals surface area contributed by atoms with Crippen LogP contribution < -0.4 is 15.4 Å². The second kappa shape index (κ2) is 7.44. The lowest BCUT2D eigenvalue weighted by atomic mass is 9.84.